The molecule has 0 aromatic heterocycles. The molecular formula is C9H11Br2Mg. The highest BCUT2D eigenvalue weighted by Crippen LogP contribution is 2.05. The van der Waals surface area contributed by atoms with E-state index < -0.39 is 0 Å². The predicted octanol–water partition coefficient (Wildman–Crippen LogP) is 3.72. The molecule has 0 amide bonds. The van der Waals surface area contributed by atoms with Crippen molar-refractivity contribution in [3.63, 3.8) is 0 Å². The largest absolute Gasteiger partial charge is 0.560 e. The first kappa shape index (κ1) is 12.9. The van der Waals surface area contributed by atoms with E-state index in [1.165, 1.54) is 16.7 Å². The molecule has 0 heterocycles. The standard InChI is InChI=1S/C9H11.2BrH.Mg/c1-7-4-8(2)6-9(3)5-7;;;/h4-5H,1-3H3;2*1H;/q;;;+2/p-2. The summed E-state index contributed by atoms with van der Waals surface area (Å²) in [6.45, 7) is 6.24. The molecule has 0 aliphatic rings. The molecule has 0 bridgehead atoms. The van der Waals surface area contributed by atoms with Crippen LogP contribution in [0.2, 0.25) is 0 Å². The fourth-order valence-electron chi connectivity index (χ4n) is 1.11. The van der Waals surface area contributed by atoms with Crippen LogP contribution in [0.15, 0.2) is 12.1 Å². The molecule has 3 heteroatoms. The van der Waals surface area contributed by atoms with Gasteiger partial charge in [-0.1, -0.05) is 17.7 Å². The van der Waals surface area contributed by atoms with Crippen molar-refractivity contribution in [2.75, 3.05) is 0 Å². The lowest BCUT2D eigenvalue weighted by atomic mass is 10.1. The Morgan fingerprint density at radius 2 is 1.42 bits per heavy atom. The zero-order valence-corrected chi connectivity index (χ0v) is 12.2. The summed E-state index contributed by atoms with van der Waals surface area (Å²) in [7, 11) is 0. The van der Waals surface area contributed by atoms with Crippen molar-refractivity contribution in [2.45, 2.75) is 20.8 Å². The third kappa shape index (κ3) is 6.46. The fraction of sp³-hybridized carbons (Fsp3) is 0.333. The molecule has 1 aromatic carbocycles. The normalized spacial score (nSPS) is 8.08. The number of hydrogen-bond acceptors (Lipinski definition) is 0. The van der Waals surface area contributed by atoms with Gasteiger partial charge in [-0.2, -0.15) is 0 Å². The third-order valence-corrected chi connectivity index (χ3v) is 1.28. The van der Waals surface area contributed by atoms with Crippen molar-refractivity contribution in [1.29, 1.82) is 0 Å². The molecule has 0 spiro atoms. The average Bonchev–Trinajstić information content (AvgIpc) is 1.84. The average molecular weight is 303 g/mol. The highest BCUT2D eigenvalue weighted by Gasteiger charge is 1.88. The Morgan fingerprint density at radius 3 is 1.67 bits per heavy atom. The van der Waals surface area contributed by atoms with E-state index in [-0.39, 0.29) is 16.0 Å². The molecule has 0 fully saturated rings. The van der Waals surface area contributed by atoms with Crippen LogP contribution in [0.1, 0.15) is 16.7 Å². The Kier molecular flexibility index (Phi) is 7.94. The fourth-order valence-corrected chi connectivity index (χ4v) is 1.11. The lowest BCUT2D eigenvalue weighted by molar-refractivity contribution is 1.31. The van der Waals surface area contributed by atoms with E-state index in [1.807, 2.05) is 0 Å². The van der Waals surface area contributed by atoms with Crippen LogP contribution in [-0.4, -0.2) is 16.0 Å². The van der Waals surface area contributed by atoms with Gasteiger partial charge in [0.2, 0.25) is 0 Å². The van der Waals surface area contributed by atoms with Gasteiger partial charge in [-0.25, -0.2) is 0 Å². The monoisotopic (exact) mass is 301 g/mol. The van der Waals surface area contributed by atoms with Gasteiger partial charge in [0.25, 0.3) is 0 Å². The Labute approximate surface area is 96.6 Å². The van der Waals surface area contributed by atoms with Crippen LogP contribution >= 0.6 is 25.8 Å². The summed E-state index contributed by atoms with van der Waals surface area (Å²) in [5, 5.41) is 0. The van der Waals surface area contributed by atoms with Crippen LogP contribution in [-0.2, 0) is 0 Å². The summed E-state index contributed by atoms with van der Waals surface area (Å²) in [6.07, 6.45) is 0. The van der Waals surface area contributed by atoms with Crippen molar-refractivity contribution in [1.82, 2.24) is 0 Å². The molecule has 0 saturated carbocycles. The van der Waals surface area contributed by atoms with Gasteiger partial charge < -0.3 is 0 Å². The summed E-state index contributed by atoms with van der Waals surface area (Å²) in [6, 6.07) is 7.47. The maximum Gasteiger partial charge on any atom is 0.560 e. The number of hydrogen-bond donors (Lipinski definition) is 0. The van der Waals surface area contributed by atoms with Gasteiger partial charge in [-0.3, -0.25) is 25.8 Å². The molecule has 0 unspecified atom stereocenters. The van der Waals surface area contributed by atoms with E-state index in [0.29, 0.717) is 0 Å². The van der Waals surface area contributed by atoms with Crippen LogP contribution in [0.4, 0.5) is 0 Å². The molecule has 0 aliphatic heterocycles. The minimum Gasteiger partial charge on any atom is -0.280 e. The van der Waals surface area contributed by atoms with Crippen LogP contribution in [0.3, 0.4) is 0 Å². The van der Waals surface area contributed by atoms with Crippen molar-refractivity contribution >= 4 is 41.8 Å². The minimum atomic E-state index is 0.0417. The highest BCUT2D eigenvalue weighted by atomic mass is 79.9. The second-order valence-corrected chi connectivity index (χ2v) is 10.7. The van der Waals surface area contributed by atoms with Gasteiger partial charge >= 0.3 is 16.0 Å². The van der Waals surface area contributed by atoms with Gasteiger partial charge in [-0.05, 0) is 38.0 Å². The van der Waals surface area contributed by atoms with Gasteiger partial charge in [0.1, 0.15) is 0 Å². The summed E-state index contributed by atoms with van der Waals surface area (Å²) >= 11 is 6.44. The molecule has 0 atom stereocenters. The van der Waals surface area contributed by atoms with Gasteiger partial charge in [-0.15, -0.1) is 0 Å². The summed E-state index contributed by atoms with van der Waals surface area (Å²) in [5.74, 6) is 0. The maximum absolute atomic E-state index is 3.21. The second kappa shape index (κ2) is 7.36. The van der Waals surface area contributed by atoms with E-state index in [2.05, 4.69) is 64.7 Å². The van der Waals surface area contributed by atoms with Crippen LogP contribution in [0.25, 0.3) is 0 Å². The SMILES string of the molecule is Cc1[c]c(C)cc(C)c1.[Br][Mg][Br]. The molecule has 63 valence electrons. The van der Waals surface area contributed by atoms with Crippen LogP contribution < -0.4 is 0 Å². The zero-order chi connectivity index (χ0) is 9.56. The van der Waals surface area contributed by atoms with Crippen molar-refractivity contribution in [3.05, 3.63) is 34.9 Å². The first-order chi connectivity index (χ1) is 5.60. The Bertz CT molecular complexity index is 185. The quantitative estimate of drug-likeness (QED) is 0.641. The summed E-state index contributed by atoms with van der Waals surface area (Å²) in [5.41, 5.74) is 3.78. The van der Waals surface area contributed by atoms with Crippen LogP contribution in [0, 0.1) is 26.8 Å². The van der Waals surface area contributed by atoms with E-state index >= 15 is 0 Å². The molecule has 1 rings (SSSR count). The Morgan fingerprint density at radius 1 is 1.08 bits per heavy atom. The maximum atomic E-state index is 3.21. The molecule has 12 heavy (non-hydrogen) atoms. The molecular weight excluding hydrogens is 292 g/mol. The number of halogens is 2. The van der Waals surface area contributed by atoms with Crippen molar-refractivity contribution in [2.24, 2.45) is 0 Å². The Hall–Kier alpha value is 0.946. The topological polar surface area (TPSA) is 0 Å². The van der Waals surface area contributed by atoms with E-state index in [4.69, 9.17) is 0 Å². The molecule has 0 aliphatic carbocycles. The molecule has 1 radical (unpaired) electrons. The number of aryl methyl sites for hydroxylation is 3. The molecule has 1 aromatic rings. The smallest absolute Gasteiger partial charge is 0.280 e. The van der Waals surface area contributed by atoms with Gasteiger partial charge in [0.05, 0.1) is 0 Å². The Balaban J connectivity index is 0.000000354. The first-order valence-electron chi connectivity index (χ1n) is 3.69. The van der Waals surface area contributed by atoms with E-state index in [0.717, 1.165) is 0 Å². The predicted molar refractivity (Wildman–Crippen MR) is 63.1 cm³/mol. The van der Waals surface area contributed by atoms with Crippen LogP contribution in [0.5, 0.6) is 0 Å². The van der Waals surface area contributed by atoms with Crippen molar-refractivity contribution < 1.29 is 0 Å². The van der Waals surface area contributed by atoms with Gasteiger partial charge in [0, 0.05) is 0 Å². The molecule has 0 nitrogen and oxygen atoms in total. The number of benzene rings is 1. The summed E-state index contributed by atoms with van der Waals surface area (Å²) in [4.78, 5) is 0. The lowest BCUT2D eigenvalue weighted by Crippen LogP contribution is -1.79. The van der Waals surface area contributed by atoms with Gasteiger partial charge in [0.15, 0.2) is 0 Å². The highest BCUT2D eigenvalue weighted by molar-refractivity contribution is 9.47. The first-order valence-corrected chi connectivity index (χ1v) is 11.5. The molecule has 0 N–H and O–H groups in total. The zero-order valence-electron chi connectivity index (χ0n) is 7.62. The lowest BCUT2D eigenvalue weighted by Gasteiger charge is -1.96. The van der Waals surface area contributed by atoms with E-state index in [9.17, 15) is 0 Å². The third-order valence-electron chi connectivity index (χ3n) is 1.28. The van der Waals surface area contributed by atoms with Crippen molar-refractivity contribution in [3.8, 4) is 0 Å². The number of rotatable bonds is 0. The second-order valence-electron chi connectivity index (χ2n) is 2.62. The summed E-state index contributed by atoms with van der Waals surface area (Å²) < 4.78 is 0. The van der Waals surface area contributed by atoms with E-state index in [1.54, 1.807) is 0 Å². The molecule has 0 saturated heterocycles. The minimum absolute atomic E-state index is 0.0417.